The molecule has 0 saturated carbocycles. The lowest BCUT2D eigenvalue weighted by Gasteiger charge is -2.31. The first-order chi connectivity index (χ1) is 22.6. The highest BCUT2D eigenvalue weighted by Crippen LogP contribution is 2.31. The SMILES string of the molecule is CC(C)(C)OC(=O)N(OC(C)(C)C)c1nccc2cc(NC(C(=O)O)c3ccc(CCOC(=O)Nc4cccc(CN)c4)cc3)ccc12. The highest BCUT2D eigenvalue weighted by atomic mass is 16.7. The maximum Gasteiger partial charge on any atom is 0.440 e. The number of benzene rings is 3. The summed E-state index contributed by atoms with van der Waals surface area (Å²) < 4.78 is 10.9. The Morgan fingerprint density at radius 3 is 2.27 bits per heavy atom. The predicted octanol–water partition coefficient (Wildman–Crippen LogP) is 7.19. The van der Waals surface area contributed by atoms with Crippen LogP contribution < -0.4 is 21.4 Å². The minimum Gasteiger partial charge on any atom is -0.479 e. The lowest BCUT2D eigenvalue weighted by atomic mass is 10.0. The fourth-order valence-corrected chi connectivity index (χ4v) is 4.68. The van der Waals surface area contributed by atoms with Gasteiger partial charge in [-0.3, -0.25) is 10.2 Å². The molecule has 0 bridgehead atoms. The van der Waals surface area contributed by atoms with Gasteiger partial charge < -0.3 is 25.6 Å². The monoisotopic (exact) mass is 657 g/mol. The molecule has 1 unspecified atom stereocenters. The molecule has 2 amide bonds. The van der Waals surface area contributed by atoms with E-state index in [9.17, 15) is 19.5 Å². The molecule has 0 saturated heterocycles. The van der Waals surface area contributed by atoms with Crippen molar-refractivity contribution in [3.05, 3.63) is 95.7 Å². The van der Waals surface area contributed by atoms with Crippen molar-refractivity contribution in [3.63, 3.8) is 0 Å². The van der Waals surface area contributed by atoms with Gasteiger partial charge in [0.15, 0.2) is 11.9 Å². The highest BCUT2D eigenvalue weighted by Gasteiger charge is 2.31. The molecule has 3 aromatic carbocycles. The number of aliphatic carboxylic acids is 1. The van der Waals surface area contributed by atoms with Crippen LogP contribution in [0.25, 0.3) is 10.8 Å². The quantitative estimate of drug-likeness (QED) is 0.121. The third kappa shape index (κ3) is 10.1. The van der Waals surface area contributed by atoms with Gasteiger partial charge in [0.25, 0.3) is 0 Å². The Bertz CT molecular complexity index is 1750. The van der Waals surface area contributed by atoms with Gasteiger partial charge in [-0.05, 0) is 100 Å². The van der Waals surface area contributed by atoms with Crippen LogP contribution in [-0.2, 0) is 32.1 Å². The molecule has 0 radical (unpaired) electrons. The number of anilines is 3. The third-order valence-corrected chi connectivity index (χ3v) is 6.76. The van der Waals surface area contributed by atoms with E-state index in [0.29, 0.717) is 40.7 Å². The molecule has 12 heteroatoms. The van der Waals surface area contributed by atoms with Crippen molar-refractivity contribution in [1.82, 2.24) is 4.98 Å². The van der Waals surface area contributed by atoms with Crippen LogP contribution in [0.4, 0.5) is 26.8 Å². The molecular weight excluding hydrogens is 614 g/mol. The third-order valence-electron chi connectivity index (χ3n) is 6.76. The molecule has 12 nitrogen and oxygen atoms in total. The van der Waals surface area contributed by atoms with Gasteiger partial charge in [-0.15, -0.1) is 5.06 Å². The topological polar surface area (TPSA) is 165 Å². The Hall–Kier alpha value is -5.20. The number of hydrogen-bond acceptors (Lipinski definition) is 9. The number of ether oxygens (including phenoxy) is 2. The molecule has 1 heterocycles. The first kappa shape index (κ1) is 35.7. The van der Waals surface area contributed by atoms with Gasteiger partial charge in [0.2, 0.25) is 0 Å². The van der Waals surface area contributed by atoms with Crippen LogP contribution >= 0.6 is 0 Å². The summed E-state index contributed by atoms with van der Waals surface area (Å²) in [6.45, 7) is 11.2. The number of nitrogens with one attached hydrogen (secondary N) is 2. The van der Waals surface area contributed by atoms with Crippen molar-refractivity contribution >= 4 is 46.1 Å². The maximum absolute atomic E-state index is 13.2. The fraction of sp³-hybridized carbons (Fsp3) is 0.333. The number of hydroxylamine groups is 1. The number of carbonyl (C=O) groups excluding carboxylic acids is 2. The standard InChI is InChI=1S/C36H43N5O7/c1-35(2,3)47-34(45)41(48-36(4,5)6)31-29-15-14-28(21-26(29)16-18-38-31)39-30(32(42)43)25-12-10-23(11-13-25)17-19-46-33(44)40-27-9-7-8-24(20-27)22-37/h7-16,18,20-21,30,39H,17,19,22,37H2,1-6H3,(H,40,44)(H,42,43). The molecule has 1 aromatic heterocycles. The van der Waals surface area contributed by atoms with Gasteiger partial charge in [-0.2, -0.15) is 0 Å². The summed E-state index contributed by atoms with van der Waals surface area (Å²) in [4.78, 5) is 48.1. The summed E-state index contributed by atoms with van der Waals surface area (Å²) in [5.74, 6) is -0.817. The van der Waals surface area contributed by atoms with E-state index in [1.807, 2.05) is 26.8 Å². The summed E-state index contributed by atoms with van der Waals surface area (Å²) in [5, 5.41) is 18.2. The smallest absolute Gasteiger partial charge is 0.440 e. The summed E-state index contributed by atoms with van der Waals surface area (Å²) in [5.41, 5.74) is 7.61. The minimum absolute atomic E-state index is 0.141. The summed E-state index contributed by atoms with van der Waals surface area (Å²) in [7, 11) is 0. The van der Waals surface area contributed by atoms with E-state index in [4.69, 9.17) is 20.0 Å². The lowest BCUT2D eigenvalue weighted by molar-refractivity contribution is -0.138. The molecule has 48 heavy (non-hydrogen) atoms. The zero-order valence-electron chi connectivity index (χ0n) is 28.1. The summed E-state index contributed by atoms with van der Waals surface area (Å²) >= 11 is 0. The number of hydrogen-bond donors (Lipinski definition) is 4. The summed E-state index contributed by atoms with van der Waals surface area (Å²) in [6.07, 6.45) is 0.707. The van der Waals surface area contributed by atoms with Gasteiger partial charge >= 0.3 is 18.2 Å². The van der Waals surface area contributed by atoms with Crippen LogP contribution in [0.1, 0.15) is 64.3 Å². The molecule has 1 atom stereocenters. The number of carboxylic acid groups (broad SMARTS) is 1. The largest absolute Gasteiger partial charge is 0.479 e. The van der Waals surface area contributed by atoms with E-state index in [1.165, 1.54) is 0 Å². The molecule has 0 aliphatic carbocycles. The van der Waals surface area contributed by atoms with Crippen molar-refractivity contribution in [2.24, 2.45) is 5.73 Å². The van der Waals surface area contributed by atoms with Crippen molar-refractivity contribution in [3.8, 4) is 0 Å². The number of nitrogens with two attached hydrogens (primary N) is 1. The Kier molecular flexibility index (Phi) is 11.2. The van der Waals surface area contributed by atoms with Gasteiger partial charge in [-0.1, -0.05) is 36.4 Å². The van der Waals surface area contributed by atoms with Crippen LogP contribution in [0.2, 0.25) is 0 Å². The van der Waals surface area contributed by atoms with Crippen molar-refractivity contribution in [1.29, 1.82) is 0 Å². The number of pyridine rings is 1. The first-order valence-corrected chi connectivity index (χ1v) is 15.5. The second kappa shape index (κ2) is 15.1. The van der Waals surface area contributed by atoms with Gasteiger partial charge in [0.05, 0.1) is 12.2 Å². The molecule has 4 aromatic rings. The zero-order valence-corrected chi connectivity index (χ0v) is 28.1. The Morgan fingerprint density at radius 1 is 0.896 bits per heavy atom. The predicted molar refractivity (Wildman–Crippen MR) is 185 cm³/mol. The van der Waals surface area contributed by atoms with Gasteiger partial charge in [0.1, 0.15) is 5.60 Å². The highest BCUT2D eigenvalue weighted by molar-refractivity contribution is 6.00. The van der Waals surface area contributed by atoms with Crippen LogP contribution in [0.5, 0.6) is 0 Å². The first-order valence-electron chi connectivity index (χ1n) is 15.5. The van der Waals surface area contributed by atoms with Crippen molar-refractivity contribution in [2.75, 3.05) is 22.3 Å². The van der Waals surface area contributed by atoms with E-state index in [2.05, 4.69) is 15.6 Å². The number of rotatable bonds is 11. The number of nitrogens with zero attached hydrogens (tertiary/aromatic N) is 2. The number of fused-ring (bicyclic) bond motifs is 1. The zero-order chi connectivity index (χ0) is 35.1. The Labute approximate surface area is 280 Å². The molecule has 0 spiro atoms. The maximum atomic E-state index is 13.2. The normalized spacial score (nSPS) is 12.2. The summed E-state index contributed by atoms with van der Waals surface area (Å²) in [6, 6.07) is 20.2. The van der Waals surface area contributed by atoms with Crippen LogP contribution in [0.3, 0.4) is 0 Å². The average molecular weight is 658 g/mol. The second-order valence-corrected chi connectivity index (χ2v) is 13.1. The second-order valence-electron chi connectivity index (χ2n) is 13.1. The molecule has 0 fully saturated rings. The van der Waals surface area contributed by atoms with Crippen LogP contribution in [-0.4, -0.2) is 46.1 Å². The lowest BCUT2D eigenvalue weighted by Crippen LogP contribution is -2.42. The number of aromatic nitrogens is 1. The molecule has 0 aliphatic heterocycles. The van der Waals surface area contributed by atoms with Gasteiger partial charge in [-0.25, -0.2) is 19.4 Å². The van der Waals surface area contributed by atoms with Crippen molar-refractivity contribution in [2.45, 2.75) is 71.8 Å². The Morgan fingerprint density at radius 2 is 1.62 bits per heavy atom. The molecule has 5 N–H and O–H groups in total. The Balaban J connectivity index is 1.44. The van der Waals surface area contributed by atoms with E-state index < -0.39 is 35.4 Å². The molecule has 4 rings (SSSR count). The van der Waals surface area contributed by atoms with E-state index in [1.54, 1.807) is 93.7 Å². The number of carbonyl (C=O) groups is 3. The van der Waals surface area contributed by atoms with E-state index in [-0.39, 0.29) is 12.4 Å². The minimum atomic E-state index is -1.06. The number of amides is 2. The average Bonchev–Trinajstić information content (AvgIpc) is 3.01. The van der Waals surface area contributed by atoms with Crippen LogP contribution in [0, 0.1) is 0 Å². The fourth-order valence-electron chi connectivity index (χ4n) is 4.68. The van der Waals surface area contributed by atoms with Gasteiger partial charge in [0, 0.05) is 35.9 Å². The molecule has 254 valence electrons. The van der Waals surface area contributed by atoms with E-state index >= 15 is 0 Å². The number of carboxylic acids is 1. The molecular formula is C36H43N5O7. The molecule has 0 aliphatic rings. The van der Waals surface area contributed by atoms with Crippen LogP contribution in [0.15, 0.2) is 79.0 Å². The van der Waals surface area contributed by atoms with E-state index in [0.717, 1.165) is 16.2 Å². The van der Waals surface area contributed by atoms with Crippen molar-refractivity contribution < 1.29 is 33.8 Å².